The van der Waals surface area contributed by atoms with Crippen LogP contribution >= 0.6 is 12.2 Å². The van der Waals surface area contributed by atoms with E-state index < -0.39 is 0 Å². The molecule has 1 aliphatic carbocycles. The van der Waals surface area contributed by atoms with E-state index >= 15 is 0 Å². The Kier molecular flexibility index (Phi) is 5.33. The van der Waals surface area contributed by atoms with E-state index in [-0.39, 0.29) is 23.6 Å². The van der Waals surface area contributed by atoms with Gasteiger partial charge in [0.25, 0.3) is 0 Å². The lowest BCUT2D eigenvalue weighted by Gasteiger charge is -2.20. The molecule has 24 heavy (non-hydrogen) atoms. The van der Waals surface area contributed by atoms with E-state index in [0.717, 1.165) is 24.8 Å². The number of carbonyl (C=O) groups is 1. The normalized spacial score (nSPS) is 23.2. The molecule has 0 aromatic heterocycles. The molecule has 3 rings (SSSR count). The van der Waals surface area contributed by atoms with Gasteiger partial charge in [-0.3, -0.25) is 4.79 Å². The summed E-state index contributed by atoms with van der Waals surface area (Å²) >= 11 is 5.49. The number of nitrogens with one attached hydrogen (secondary N) is 2. The number of hydrogen-bond donors (Lipinski definition) is 2. The third kappa shape index (κ3) is 4.04. The van der Waals surface area contributed by atoms with Crippen LogP contribution in [0.1, 0.15) is 37.7 Å². The number of carbonyl (C=O) groups excluding carboxylic acids is 1. The minimum absolute atomic E-state index is 0.0304. The number of nitrogens with zero attached hydrogens (tertiary/aromatic N) is 1. The van der Waals surface area contributed by atoms with Gasteiger partial charge in [0.1, 0.15) is 5.82 Å². The van der Waals surface area contributed by atoms with Gasteiger partial charge < -0.3 is 15.5 Å². The zero-order valence-electron chi connectivity index (χ0n) is 13.9. The summed E-state index contributed by atoms with van der Waals surface area (Å²) in [6, 6.07) is 7.05. The van der Waals surface area contributed by atoms with Crippen molar-refractivity contribution in [2.24, 2.45) is 5.92 Å². The second kappa shape index (κ2) is 7.47. The lowest BCUT2D eigenvalue weighted by molar-refractivity contribution is -0.124. The first kappa shape index (κ1) is 17.1. The van der Waals surface area contributed by atoms with Gasteiger partial charge >= 0.3 is 0 Å². The molecule has 1 heterocycles. The van der Waals surface area contributed by atoms with Crippen LogP contribution in [0.2, 0.25) is 0 Å². The molecule has 1 aliphatic heterocycles. The maximum Gasteiger partial charge on any atom is 0.225 e. The number of amides is 1. The van der Waals surface area contributed by atoms with Crippen molar-refractivity contribution in [2.75, 3.05) is 19.6 Å². The molecule has 1 saturated heterocycles. The van der Waals surface area contributed by atoms with Crippen LogP contribution in [0, 0.1) is 11.7 Å². The Hall–Kier alpha value is -1.69. The molecule has 0 bridgehead atoms. The molecule has 2 N–H and O–H groups in total. The Morgan fingerprint density at radius 1 is 1.38 bits per heavy atom. The number of halogens is 1. The smallest absolute Gasteiger partial charge is 0.225 e. The molecule has 6 heteroatoms. The van der Waals surface area contributed by atoms with Crippen molar-refractivity contribution in [1.29, 1.82) is 0 Å². The van der Waals surface area contributed by atoms with Gasteiger partial charge in [-0.25, -0.2) is 4.39 Å². The topological polar surface area (TPSA) is 44.4 Å². The molecule has 0 spiro atoms. The van der Waals surface area contributed by atoms with E-state index in [1.165, 1.54) is 12.1 Å². The van der Waals surface area contributed by atoms with Gasteiger partial charge in [0.15, 0.2) is 5.11 Å². The second-order valence-corrected chi connectivity index (χ2v) is 7.07. The Morgan fingerprint density at radius 2 is 2.17 bits per heavy atom. The lowest BCUT2D eigenvalue weighted by Crippen LogP contribution is -2.40. The van der Waals surface area contributed by atoms with Gasteiger partial charge in [0.05, 0.1) is 5.92 Å². The quantitative estimate of drug-likeness (QED) is 0.802. The highest BCUT2D eigenvalue weighted by atomic mass is 32.1. The number of thiocarbonyl (C=S) groups is 1. The molecule has 0 radical (unpaired) electrons. The lowest BCUT2D eigenvalue weighted by atomic mass is 9.88. The predicted octanol–water partition coefficient (Wildman–Crippen LogP) is 2.40. The summed E-state index contributed by atoms with van der Waals surface area (Å²) in [7, 11) is 0. The summed E-state index contributed by atoms with van der Waals surface area (Å²) in [5.74, 6) is -0.492. The Bertz CT molecular complexity index is 620. The minimum atomic E-state index is -0.266. The molecule has 1 saturated carbocycles. The molecular weight excluding hydrogens is 325 g/mol. The fourth-order valence-electron chi connectivity index (χ4n) is 3.18. The highest BCUT2D eigenvalue weighted by Crippen LogP contribution is 2.33. The van der Waals surface area contributed by atoms with Crippen molar-refractivity contribution in [3.63, 3.8) is 0 Å². The summed E-state index contributed by atoms with van der Waals surface area (Å²) < 4.78 is 13.6. The molecular formula is C18H24FN3OS. The van der Waals surface area contributed by atoms with Gasteiger partial charge in [-0.2, -0.15) is 0 Å². The molecule has 2 unspecified atom stereocenters. The minimum Gasteiger partial charge on any atom is -0.360 e. The van der Waals surface area contributed by atoms with Gasteiger partial charge in [-0.05, 0) is 49.2 Å². The largest absolute Gasteiger partial charge is 0.360 e. The number of benzene rings is 1. The summed E-state index contributed by atoms with van der Waals surface area (Å²) in [4.78, 5) is 14.6. The van der Waals surface area contributed by atoms with Crippen LogP contribution in [0.4, 0.5) is 4.39 Å². The van der Waals surface area contributed by atoms with Crippen molar-refractivity contribution in [2.45, 2.75) is 38.1 Å². The van der Waals surface area contributed by atoms with Crippen molar-refractivity contribution in [3.8, 4) is 0 Å². The van der Waals surface area contributed by atoms with E-state index in [1.54, 1.807) is 6.07 Å². The van der Waals surface area contributed by atoms with E-state index in [0.29, 0.717) is 30.8 Å². The van der Waals surface area contributed by atoms with Crippen LogP contribution < -0.4 is 10.6 Å². The fourth-order valence-corrected chi connectivity index (χ4v) is 3.50. The maximum absolute atomic E-state index is 13.6. The van der Waals surface area contributed by atoms with E-state index in [1.807, 2.05) is 13.0 Å². The molecule has 4 nitrogen and oxygen atoms in total. The zero-order valence-corrected chi connectivity index (χ0v) is 14.7. The molecule has 1 aromatic carbocycles. The van der Waals surface area contributed by atoms with Crippen LogP contribution in [0.15, 0.2) is 24.3 Å². The average molecular weight is 349 g/mol. The van der Waals surface area contributed by atoms with Crippen LogP contribution in [-0.2, 0) is 4.79 Å². The summed E-state index contributed by atoms with van der Waals surface area (Å²) in [5, 5.41) is 7.02. The summed E-state index contributed by atoms with van der Waals surface area (Å²) in [6.07, 6.45) is 3.21. The standard InChI is InChI=1S/C18H24FN3OS/c1-2-8-20-17(23)16-11-22(18(24)21-14-6-7-14)10-15(16)12-4-3-5-13(19)9-12/h3-5,9,14-16H,2,6-8,10-11H2,1H3,(H,20,23)(H,21,24). The number of likely N-dealkylation sites (tertiary alicyclic amines) is 1. The predicted molar refractivity (Wildman–Crippen MR) is 96.3 cm³/mol. The van der Waals surface area contributed by atoms with Crippen molar-refractivity contribution >= 4 is 23.2 Å². The monoisotopic (exact) mass is 349 g/mol. The van der Waals surface area contributed by atoms with Crippen molar-refractivity contribution < 1.29 is 9.18 Å². The summed E-state index contributed by atoms with van der Waals surface area (Å²) in [6.45, 7) is 3.91. The van der Waals surface area contributed by atoms with Crippen molar-refractivity contribution in [1.82, 2.24) is 15.5 Å². The summed E-state index contributed by atoms with van der Waals surface area (Å²) in [5.41, 5.74) is 0.864. The number of rotatable bonds is 5. The van der Waals surface area contributed by atoms with Crippen LogP contribution in [0.5, 0.6) is 0 Å². The molecule has 2 atom stereocenters. The Morgan fingerprint density at radius 3 is 2.83 bits per heavy atom. The second-order valence-electron chi connectivity index (χ2n) is 6.69. The zero-order chi connectivity index (χ0) is 17.1. The van der Waals surface area contributed by atoms with Gasteiger partial charge in [0, 0.05) is 31.6 Å². The van der Waals surface area contributed by atoms with E-state index in [4.69, 9.17) is 12.2 Å². The van der Waals surface area contributed by atoms with Crippen LogP contribution in [0.3, 0.4) is 0 Å². The highest BCUT2D eigenvalue weighted by molar-refractivity contribution is 7.80. The van der Waals surface area contributed by atoms with Gasteiger partial charge in [-0.1, -0.05) is 19.1 Å². The van der Waals surface area contributed by atoms with Crippen LogP contribution in [-0.4, -0.2) is 41.6 Å². The number of hydrogen-bond acceptors (Lipinski definition) is 2. The van der Waals surface area contributed by atoms with E-state index in [9.17, 15) is 9.18 Å². The van der Waals surface area contributed by atoms with Crippen molar-refractivity contribution in [3.05, 3.63) is 35.6 Å². The molecule has 2 aliphatic rings. The molecule has 2 fully saturated rings. The third-order valence-electron chi connectivity index (χ3n) is 4.67. The molecule has 130 valence electrons. The third-order valence-corrected chi connectivity index (χ3v) is 5.05. The first-order chi connectivity index (χ1) is 11.6. The van der Waals surface area contributed by atoms with E-state index in [2.05, 4.69) is 15.5 Å². The molecule has 1 amide bonds. The molecule has 1 aromatic rings. The van der Waals surface area contributed by atoms with Crippen LogP contribution in [0.25, 0.3) is 0 Å². The highest BCUT2D eigenvalue weighted by Gasteiger charge is 2.40. The van der Waals surface area contributed by atoms with Gasteiger partial charge in [-0.15, -0.1) is 0 Å². The first-order valence-corrected chi connectivity index (χ1v) is 9.08. The Balaban J connectivity index is 1.76. The fraction of sp³-hybridized carbons (Fsp3) is 0.556. The first-order valence-electron chi connectivity index (χ1n) is 8.67. The Labute approximate surface area is 147 Å². The maximum atomic E-state index is 13.6. The SMILES string of the molecule is CCCNC(=O)C1CN(C(=S)NC2CC2)CC1c1cccc(F)c1. The average Bonchev–Trinajstić information content (AvgIpc) is 3.26. The van der Waals surface area contributed by atoms with Gasteiger partial charge in [0.2, 0.25) is 5.91 Å².